The smallest absolute Gasteiger partial charge is 0.342 e. The maximum absolute atomic E-state index is 10.8. The summed E-state index contributed by atoms with van der Waals surface area (Å²) in [7, 11) is 0. The molecule has 8 nitrogen and oxygen atoms in total. The molecule has 0 spiro atoms. The van der Waals surface area contributed by atoms with Crippen LogP contribution >= 0.6 is 0 Å². The van der Waals surface area contributed by atoms with E-state index in [0.717, 1.165) is 12.1 Å². The van der Waals surface area contributed by atoms with Gasteiger partial charge >= 0.3 is 5.97 Å². The van der Waals surface area contributed by atoms with Crippen LogP contribution in [0, 0.1) is 20.2 Å². The molecule has 1 aromatic carbocycles. The van der Waals surface area contributed by atoms with E-state index in [2.05, 4.69) is 0 Å². The third kappa shape index (κ3) is 2.19. The lowest BCUT2D eigenvalue weighted by Crippen LogP contribution is -2.07. The second-order valence-corrected chi connectivity index (χ2v) is 3.13. The van der Waals surface area contributed by atoms with Gasteiger partial charge in [0.25, 0.3) is 11.4 Å². The highest BCUT2D eigenvalue weighted by atomic mass is 16.6. The van der Waals surface area contributed by atoms with E-state index >= 15 is 0 Å². The molecule has 0 saturated heterocycles. The lowest BCUT2D eigenvalue weighted by molar-refractivity contribution is -0.395. The summed E-state index contributed by atoms with van der Waals surface area (Å²) in [4.78, 5) is 30.6. The molecule has 0 unspecified atom stereocenters. The zero-order valence-electron chi connectivity index (χ0n) is 8.74. The maximum atomic E-state index is 10.8. The van der Waals surface area contributed by atoms with Crippen molar-refractivity contribution < 1.29 is 19.7 Å². The number of carboxylic acid groups (broad SMARTS) is 1. The van der Waals surface area contributed by atoms with Crippen molar-refractivity contribution >= 4 is 17.3 Å². The molecule has 0 saturated carbocycles. The highest BCUT2D eigenvalue weighted by molar-refractivity contribution is 5.93. The number of carbonyl (C=O) groups is 1. The van der Waals surface area contributed by atoms with Crippen molar-refractivity contribution in [3.05, 3.63) is 43.5 Å². The molecule has 0 aliphatic rings. The van der Waals surface area contributed by atoms with E-state index in [0.29, 0.717) is 0 Å². The van der Waals surface area contributed by atoms with Crippen LogP contribution in [-0.2, 0) is 6.42 Å². The number of hydrogen-bond acceptors (Lipinski definition) is 5. The second kappa shape index (κ2) is 4.56. The SMILES string of the molecule is CCc1c([N+](=O)[O-])ccc(C(=O)O)c1[N+](=O)[O-]. The first kappa shape index (κ1) is 12.6. The van der Waals surface area contributed by atoms with Gasteiger partial charge in [0.1, 0.15) is 11.1 Å². The Balaban J connectivity index is 3.67. The summed E-state index contributed by atoms with van der Waals surface area (Å²) in [6.07, 6.45) is 0.00769. The van der Waals surface area contributed by atoms with E-state index in [4.69, 9.17) is 5.11 Å². The number of nitro benzene ring substituents is 2. The van der Waals surface area contributed by atoms with Crippen molar-refractivity contribution in [3.8, 4) is 0 Å². The Hall–Kier alpha value is -2.51. The average Bonchev–Trinajstić information content (AvgIpc) is 2.26. The molecule has 0 atom stereocenters. The standard InChI is InChI=1S/C9H8N2O6/c1-2-5-7(10(14)15)4-3-6(9(12)13)8(5)11(16)17/h3-4H,2H2,1H3,(H,12,13). The van der Waals surface area contributed by atoms with Gasteiger partial charge in [-0.2, -0.15) is 0 Å². The highest BCUT2D eigenvalue weighted by Crippen LogP contribution is 2.32. The van der Waals surface area contributed by atoms with Crippen LogP contribution < -0.4 is 0 Å². The minimum absolute atomic E-state index is 0.00769. The van der Waals surface area contributed by atoms with Gasteiger partial charge in [0.05, 0.1) is 9.85 Å². The zero-order chi connectivity index (χ0) is 13.2. The zero-order valence-corrected chi connectivity index (χ0v) is 8.74. The molecule has 1 rings (SSSR count). The summed E-state index contributed by atoms with van der Waals surface area (Å²) in [6, 6.07) is 1.84. The fourth-order valence-corrected chi connectivity index (χ4v) is 1.53. The second-order valence-electron chi connectivity index (χ2n) is 3.13. The van der Waals surface area contributed by atoms with Crippen LogP contribution in [0.2, 0.25) is 0 Å². The number of rotatable bonds is 4. The Kier molecular flexibility index (Phi) is 3.37. The molecule has 90 valence electrons. The normalized spacial score (nSPS) is 9.94. The van der Waals surface area contributed by atoms with Gasteiger partial charge in [-0.1, -0.05) is 6.92 Å². The molecule has 0 fully saturated rings. The van der Waals surface area contributed by atoms with Gasteiger partial charge in [0.15, 0.2) is 0 Å². The Bertz CT molecular complexity index is 510. The maximum Gasteiger partial charge on any atom is 0.342 e. The molecule has 0 aliphatic carbocycles. The predicted octanol–water partition coefficient (Wildman–Crippen LogP) is 1.76. The monoisotopic (exact) mass is 240 g/mol. The number of hydrogen-bond donors (Lipinski definition) is 1. The molecule has 8 heteroatoms. The molecule has 0 aromatic heterocycles. The van der Waals surface area contributed by atoms with E-state index in [9.17, 15) is 25.0 Å². The molecular formula is C9H8N2O6. The van der Waals surface area contributed by atoms with E-state index in [-0.39, 0.29) is 12.0 Å². The summed E-state index contributed by atoms with van der Waals surface area (Å²) in [6.45, 7) is 1.49. The number of nitrogens with zero attached hydrogens (tertiary/aromatic N) is 2. The fourth-order valence-electron chi connectivity index (χ4n) is 1.53. The first-order chi connectivity index (χ1) is 7.90. The number of aromatic carboxylic acids is 1. The Morgan fingerprint density at radius 3 is 2.24 bits per heavy atom. The molecule has 0 radical (unpaired) electrons. The van der Waals surface area contributed by atoms with Crippen molar-refractivity contribution in [1.29, 1.82) is 0 Å². The first-order valence-corrected chi connectivity index (χ1v) is 4.58. The lowest BCUT2D eigenvalue weighted by atomic mass is 10.0. The minimum atomic E-state index is -1.48. The molecule has 0 amide bonds. The Morgan fingerprint density at radius 2 is 1.88 bits per heavy atom. The van der Waals surface area contributed by atoms with Gasteiger partial charge in [0.2, 0.25) is 0 Å². The summed E-state index contributed by atoms with van der Waals surface area (Å²) in [5.74, 6) is -1.48. The van der Waals surface area contributed by atoms with Crippen LogP contribution in [-0.4, -0.2) is 20.9 Å². The quantitative estimate of drug-likeness (QED) is 0.631. The number of benzene rings is 1. The summed E-state index contributed by atoms with van der Waals surface area (Å²) < 4.78 is 0. The van der Waals surface area contributed by atoms with Gasteiger partial charge in [0, 0.05) is 6.07 Å². The molecule has 0 aliphatic heterocycles. The lowest BCUT2D eigenvalue weighted by Gasteiger charge is -2.04. The van der Waals surface area contributed by atoms with E-state index in [1.54, 1.807) is 0 Å². The predicted molar refractivity (Wildman–Crippen MR) is 56.1 cm³/mol. The molecule has 0 heterocycles. The third-order valence-corrected chi connectivity index (χ3v) is 2.22. The summed E-state index contributed by atoms with van der Waals surface area (Å²) in [5, 5.41) is 30.3. The first-order valence-electron chi connectivity index (χ1n) is 4.58. The van der Waals surface area contributed by atoms with Crippen LogP contribution in [0.1, 0.15) is 22.8 Å². The highest BCUT2D eigenvalue weighted by Gasteiger charge is 2.30. The molecule has 1 aromatic rings. The van der Waals surface area contributed by atoms with Crippen LogP contribution in [0.15, 0.2) is 12.1 Å². The summed E-state index contributed by atoms with van der Waals surface area (Å²) in [5.41, 5.74) is -1.88. The van der Waals surface area contributed by atoms with Gasteiger partial charge in [-0.15, -0.1) is 0 Å². The van der Waals surface area contributed by atoms with E-state index < -0.39 is 32.8 Å². The van der Waals surface area contributed by atoms with Crippen LogP contribution in [0.4, 0.5) is 11.4 Å². The van der Waals surface area contributed by atoms with Gasteiger partial charge in [-0.3, -0.25) is 20.2 Å². The van der Waals surface area contributed by atoms with Gasteiger partial charge < -0.3 is 5.11 Å². The molecule has 0 bridgehead atoms. The Morgan fingerprint density at radius 1 is 1.29 bits per heavy atom. The van der Waals surface area contributed by atoms with Crippen LogP contribution in [0.3, 0.4) is 0 Å². The van der Waals surface area contributed by atoms with E-state index in [1.165, 1.54) is 6.92 Å². The molecule has 1 N–H and O–H groups in total. The molecular weight excluding hydrogens is 232 g/mol. The van der Waals surface area contributed by atoms with E-state index in [1.807, 2.05) is 0 Å². The fraction of sp³-hybridized carbons (Fsp3) is 0.222. The summed E-state index contributed by atoms with van der Waals surface area (Å²) >= 11 is 0. The van der Waals surface area contributed by atoms with Crippen molar-refractivity contribution in [2.24, 2.45) is 0 Å². The van der Waals surface area contributed by atoms with Crippen LogP contribution in [0.25, 0.3) is 0 Å². The minimum Gasteiger partial charge on any atom is -0.477 e. The van der Waals surface area contributed by atoms with Crippen LogP contribution in [0.5, 0.6) is 0 Å². The topological polar surface area (TPSA) is 124 Å². The number of carboxylic acids is 1. The van der Waals surface area contributed by atoms with Crippen molar-refractivity contribution in [1.82, 2.24) is 0 Å². The average molecular weight is 240 g/mol. The number of nitro groups is 2. The third-order valence-electron chi connectivity index (χ3n) is 2.22. The largest absolute Gasteiger partial charge is 0.477 e. The van der Waals surface area contributed by atoms with Gasteiger partial charge in [-0.05, 0) is 12.5 Å². The van der Waals surface area contributed by atoms with Gasteiger partial charge in [-0.25, -0.2) is 4.79 Å². The molecule has 17 heavy (non-hydrogen) atoms. The Labute approximate surface area is 94.8 Å². The van der Waals surface area contributed by atoms with Crippen molar-refractivity contribution in [2.45, 2.75) is 13.3 Å². The van der Waals surface area contributed by atoms with Crippen molar-refractivity contribution in [3.63, 3.8) is 0 Å². The van der Waals surface area contributed by atoms with Crippen molar-refractivity contribution in [2.75, 3.05) is 0 Å².